The van der Waals surface area contributed by atoms with Crippen LogP contribution in [0.5, 0.6) is 11.5 Å². The second kappa shape index (κ2) is 10.9. The van der Waals surface area contributed by atoms with Crippen LogP contribution < -0.4 is 14.4 Å². The summed E-state index contributed by atoms with van der Waals surface area (Å²) in [6.45, 7) is 4.33. The van der Waals surface area contributed by atoms with Crippen LogP contribution in [0.15, 0.2) is 97.1 Å². The van der Waals surface area contributed by atoms with Gasteiger partial charge in [-0.1, -0.05) is 98.8 Å². The van der Waals surface area contributed by atoms with E-state index in [1.54, 1.807) is 44.6 Å². The molecule has 0 aromatic heterocycles. The number of anilines is 1. The third-order valence-electron chi connectivity index (χ3n) is 9.63. The summed E-state index contributed by atoms with van der Waals surface area (Å²) in [5.74, 6) is -0.0243. The topological polar surface area (TPSA) is 72.9 Å². The van der Waals surface area contributed by atoms with Gasteiger partial charge in [-0.15, -0.1) is 0 Å². The molecule has 6 heteroatoms. The number of hydrogen-bond acceptors (Lipinski definition) is 6. The number of fused-ring (bicyclic) bond motifs is 5. The van der Waals surface area contributed by atoms with Crippen molar-refractivity contribution in [2.24, 2.45) is 11.3 Å². The summed E-state index contributed by atoms with van der Waals surface area (Å²) in [4.78, 5) is 46.7. The lowest BCUT2D eigenvalue weighted by Crippen LogP contribution is -2.48. The van der Waals surface area contributed by atoms with E-state index in [0.717, 1.165) is 23.2 Å². The van der Waals surface area contributed by atoms with E-state index < -0.39 is 23.4 Å². The van der Waals surface area contributed by atoms with Crippen LogP contribution in [0.1, 0.15) is 67.5 Å². The van der Waals surface area contributed by atoms with Crippen molar-refractivity contribution in [3.63, 3.8) is 0 Å². The molecule has 2 aliphatic heterocycles. The van der Waals surface area contributed by atoms with Gasteiger partial charge in [0, 0.05) is 28.3 Å². The Hall–Kier alpha value is -4.97. The number of ether oxygens (including phenoxy) is 2. The van der Waals surface area contributed by atoms with Crippen molar-refractivity contribution in [2.45, 2.75) is 38.3 Å². The molecule has 6 nitrogen and oxygen atoms in total. The quantitative estimate of drug-likeness (QED) is 0.166. The van der Waals surface area contributed by atoms with Gasteiger partial charge in [0.1, 0.15) is 11.5 Å². The molecule has 0 bridgehead atoms. The van der Waals surface area contributed by atoms with E-state index in [-0.39, 0.29) is 17.3 Å². The first kappa shape index (κ1) is 28.8. The van der Waals surface area contributed by atoms with Crippen molar-refractivity contribution in [1.82, 2.24) is 0 Å². The van der Waals surface area contributed by atoms with E-state index in [1.165, 1.54) is 0 Å². The molecule has 0 N–H and O–H groups in total. The first-order valence-electron chi connectivity index (χ1n) is 15.4. The minimum atomic E-state index is -1.58. The number of carbonyl (C=O) groups is 3. The number of Topliss-reactive ketones (excluding diaryl/α,β-unsaturated/α-hetero) is 3. The molecule has 1 spiro atoms. The molecule has 0 radical (unpaired) electrons. The summed E-state index contributed by atoms with van der Waals surface area (Å²) in [6, 6.07) is 26.5. The molecule has 3 atom stereocenters. The van der Waals surface area contributed by atoms with Crippen molar-refractivity contribution in [3.8, 4) is 11.5 Å². The number of para-hydroxylation sites is 1. The van der Waals surface area contributed by atoms with Gasteiger partial charge in [0.2, 0.25) is 0 Å². The second-order valence-electron chi connectivity index (χ2n) is 12.5. The number of ketones is 3. The second-order valence-corrected chi connectivity index (χ2v) is 12.5. The molecule has 4 aromatic rings. The highest BCUT2D eigenvalue weighted by atomic mass is 16.5. The van der Waals surface area contributed by atoms with Gasteiger partial charge in [0.05, 0.1) is 20.3 Å². The molecule has 7 rings (SSSR count). The van der Waals surface area contributed by atoms with Crippen LogP contribution in [0.4, 0.5) is 5.69 Å². The third-order valence-corrected chi connectivity index (χ3v) is 9.63. The fourth-order valence-electron chi connectivity index (χ4n) is 7.78. The first-order chi connectivity index (χ1) is 21.8. The monoisotopic (exact) mass is 597 g/mol. The Morgan fingerprint density at radius 3 is 2.11 bits per heavy atom. The van der Waals surface area contributed by atoms with Crippen molar-refractivity contribution >= 4 is 29.1 Å². The largest absolute Gasteiger partial charge is 0.493 e. The lowest BCUT2D eigenvalue weighted by molar-refractivity contribution is 0.0665. The fourth-order valence-corrected chi connectivity index (χ4v) is 7.78. The molecule has 226 valence electrons. The lowest BCUT2D eigenvalue weighted by atomic mass is 9.64. The number of rotatable bonds is 7. The number of carbonyl (C=O) groups excluding carboxylic acids is 3. The molecule has 0 amide bonds. The minimum absolute atomic E-state index is 0.144. The van der Waals surface area contributed by atoms with Crippen molar-refractivity contribution < 1.29 is 23.9 Å². The SMILES string of the molecule is COc1ccc([C@@H]2[C@H](C(=O)c3ccc(CC(C)C)cc3)N3c4ccccc4C=C[C@@H]3C23C(=O)c2ccccc2C3=O)cc1OC. The van der Waals surface area contributed by atoms with Gasteiger partial charge in [-0.3, -0.25) is 14.4 Å². The predicted molar refractivity (Wildman–Crippen MR) is 175 cm³/mol. The number of methoxy groups -OCH3 is 2. The van der Waals surface area contributed by atoms with E-state index in [9.17, 15) is 14.4 Å². The van der Waals surface area contributed by atoms with Crippen molar-refractivity contribution in [2.75, 3.05) is 19.1 Å². The molecule has 3 aliphatic rings. The van der Waals surface area contributed by atoms with Crippen molar-refractivity contribution in [1.29, 1.82) is 0 Å². The van der Waals surface area contributed by atoms with Crippen LogP contribution in [0.2, 0.25) is 0 Å². The Morgan fingerprint density at radius 1 is 0.822 bits per heavy atom. The molecular weight excluding hydrogens is 562 g/mol. The maximum atomic E-state index is 15.0. The smallest absolute Gasteiger partial charge is 0.185 e. The lowest BCUT2D eigenvalue weighted by Gasteiger charge is -2.37. The van der Waals surface area contributed by atoms with Crippen LogP contribution in [0.3, 0.4) is 0 Å². The molecule has 4 aromatic carbocycles. The maximum absolute atomic E-state index is 15.0. The molecule has 0 saturated carbocycles. The molecule has 2 heterocycles. The van der Waals surface area contributed by atoms with E-state index in [0.29, 0.717) is 39.7 Å². The van der Waals surface area contributed by atoms with Gasteiger partial charge in [0.25, 0.3) is 0 Å². The number of hydrogen-bond donors (Lipinski definition) is 0. The van der Waals surface area contributed by atoms with Gasteiger partial charge in [0.15, 0.2) is 28.8 Å². The van der Waals surface area contributed by atoms with Crippen LogP contribution in [-0.4, -0.2) is 43.7 Å². The van der Waals surface area contributed by atoms with Gasteiger partial charge >= 0.3 is 0 Å². The molecule has 1 aliphatic carbocycles. The third kappa shape index (κ3) is 4.19. The standard InChI is InChI=1S/C39H35NO5/c1-23(2)21-24-13-15-26(16-14-24)36(41)35-34(27-17-19-31(44-3)32(22-27)45-4)39(37(42)28-10-6-7-11-29(28)38(39)43)33-20-18-25-9-5-8-12-30(25)40(33)35/h5-20,22-23,33-35H,21H2,1-4H3/t33-,34-,35-/m1/s1. The highest BCUT2D eigenvalue weighted by Gasteiger charge is 2.71. The van der Waals surface area contributed by atoms with Crippen LogP contribution >= 0.6 is 0 Å². The van der Waals surface area contributed by atoms with Gasteiger partial charge in [-0.25, -0.2) is 0 Å². The highest BCUT2D eigenvalue weighted by Crippen LogP contribution is 2.61. The van der Waals surface area contributed by atoms with Gasteiger partial charge in [-0.05, 0) is 47.2 Å². The summed E-state index contributed by atoms with van der Waals surface area (Å²) in [7, 11) is 3.11. The Bertz CT molecular complexity index is 1840. The molecule has 45 heavy (non-hydrogen) atoms. The summed E-state index contributed by atoms with van der Waals surface area (Å²) in [6.07, 6.45) is 4.82. The highest BCUT2D eigenvalue weighted by molar-refractivity contribution is 6.32. The Balaban J connectivity index is 1.50. The minimum Gasteiger partial charge on any atom is -0.493 e. The van der Waals surface area contributed by atoms with Gasteiger partial charge < -0.3 is 14.4 Å². The zero-order chi connectivity index (χ0) is 31.5. The van der Waals surface area contributed by atoms with Gasteiger partial charge in [-0.2, -0.15) is 0 Å². The Labute approximate surface area is 263 Å². The van der Waals surface area contributed by atoms with E-state index in [1.807, 2.05) is 77.7 Å². The summed E-state index contributed by atoms with van der Waals surface area (Å²) in [5.41, 5.74) is 3.31. The first-order valence-corrected chi connectivity index (χ1v) is 15.4. The van der Waals surface area contributed by atoms with Crippen LogP contribution in [0.25, 0.3) is 6.08 Å². The molecule has 0 unspecified atom stereocenters. The maximum Gasteiger partial charge on any atom is 0.185 e. The summed E-state index contributed by atoms with van der Waals surface area (Å²) < 4.78 is 11.2. The normalized spacial score (nSPS) is 20.7. The predicted octanol–water partition coefficient (Wildman–Crippen LogP) is 7.22. The fraction of sp³-hybridized carbons (Fsp3) is 0.256. The zero-order valence-corrected chi connectivity index (χ0v) is 25.8. The summed E-state index contributed by atoms with van der Waals surface area (Å²) >= 11 is 0. The summed E-state index contributed by atoms with van der Waals surface area (Å²) in [5, 5.41) is 0. The van der Waals surface area contributed by atoms with E-state index in [2.05, 4.69) is 13.8 Å². The molecular formula is C39H35NO5. The van der Waals surface area contributed by atoms with E-state index >= 15 is 0 Å². The van der Waals surface area contributed by atoms with Crippen LogP contribution in [0, 0.1) is 11.3 Å². The van der Waals surface area contributed by atoms with Crippen LogP contribution in [-0.2, 0) is 6.42 Å². The molecule has 1 fully saturated rings. The Morgan fingerprint density at radius 2 is 1.47 bits per heavy atom. The molecule has 1 saturated heterocycles. The average molecular weight is 598 g/mol. The number of nitrogens with zero attached hydrogens (tertiary/aromatic N) is 1. The number of benzene rings is 4. The average Bonchev–Trinajstić information content (AvgIpc) is 3.50. The zero-order valence-electron chi connectivity index (χ0n) is 25.8. The van der Waals surface area contributed by atoms with E-state index in [4.69, 9.17) is 9.47 Å². The Kier molecular flexibility index (Phi) is 6.96. The van der Waals surface area contributed by atoms with Crippen molar-refractivity contribution in [3.05, 3.63) is 130 Å².